The summed E-state index contributed by atoms with van der Waals surface area (Å²) in [4.78, 5) is 30.4. The first-order valence-electron chi connectivity index (χ1n) is 15.6. The Bertz CT molecular complexity index is 1280. The minimum absolute atomic E-state index is 0.185. The second kappa shape index (κ2) is 14.5. The van der Waals surface area contributed by atoms with Crippen molar-refractivity contribution in [2.45, 2.75) is 64.3 Å². The average Bonchev–Trinajstić information content (AvgIpc) is 3.41. The van der Waals surface area contributed by atoms with Gasteiger partial charge in [0.15, 0.2) is 0 Å². The number of H-pyrrole nitrogens is 1. The Morgan fingerprint density at radius 2 is 1.77 bits per heavy atom. The van der Waals surface area contributed by atoms with Crippen LogP contribution < -0.4 is 4.74 Å². The third-order valence-electron chi connectivity index (χ3n) is 7.87. The van der Waals surface area contributed by atoms with Gasteiger partial charge >= 0.3 is 6.16 Å². The molecule has 0 aliphatic carbocycles. The molecule has 1 N–H and O–H groups in total. The van der Waals surface area contributed by atoms with Gasteiger partial charge in [-0.15, -0.1) is 5.06 Å². The first-order valence-corrected chi connectivity index (χ1v) is 15.6. The summed E-state index contributed by atoms with van der Waals surface area (Å²) in [5, 5.41) is 1.69. The minimum atomic E-state index is -0.639. The van der Waals surface area contributed by atoms with E-state index in [1.807, 2.05) is 51.1 Å². The van der Waals surface area contributed by atoms with Gasteiger partial charge in [-0.1, -0.05) is 24.3 Å². The van der Waals surface area contributed by atoms with Crippen molar-refractivity contribution in [3.63, 3.8) is 0 Å². The number of hydroxylamine groups is 2. The zero-order valence-corrected chi connectivity index (χ0v) is 26.1. The fourth-order valence-corrected chi connectivity index (χ4v) is 5.52. The average molecular weight is 594 g/mol. The van der Waals surface area contributed by atoms with E-state index in [-0.39, 0.29) is 12.2 Å². The maximum Gasteiger partial charge on any atom is 0.528 e. The second-order valence-corrected chi connectivity index (χ2v) is 12.6. The number of imidazole rings is 1. The second-order valence-electron chi connectivity index (χ2n) is 12.6. The van der Waals surface area contributed by atoms with E-state index in [4.69, 9.17) is 24.0 Å². The molecule has 3 heterocycles. The lowest BCUT2D eigenvalue weighted by molar-refractivity contribution is -0.158. The molecule has 0 saturated carbocycles. The molecule has 2 aromatic carbocycles. The summed E-state index contributed by atoms with van der Waals surface area (Å²) < 4.78 is 18.2. The predicted octanol–water partition coefficient (Wildman–Crippen LogP) is 5.41. The molecular formula is C33H47N5O5. The molecule has 3 aromatic rings. The first kappa shape index (κ1) is 31.3. The maximum absolute atomic E-state index is 11.9. The lowest BCUT2D eigenvalue weighted by Crippen LogP contribution is -2.47. The Morgan fingerprint density at radius 1 is 1.00 bits per heavy atom. The van der Waals surface area contributed by atoms with E-state index in [2.05, 4.69) is 40.0 Å². The Morgan fingerprint density at radius 3 is 2.51 bits per heavy atom. The predicted molar refractivity (Wildman–Crippen MR) is 166 cm³/mol. The number of carbonyl (C=O) groups is 1. The molecule has 10 nitrogen and oxygen atoms in total. The fourth-order valence-electron chi connectivity index (χ4n) is 5.52. The number of hydrogen-bond donors (Lipinski definition) is 1. The van der Waals surface area contributed by atoms with Gasteiger partial charge in [-0.25, -0.2) is 9.78 Å². The fraction of sp³-hybridized carbons (Fsp3) is 0.576. The van der Waals surface area contributed by atoms with Gasteiger partial charge in [-0.3, -0.25) is 0 Å². The number of unbranched alkanes of at least 4 members (excludes halogenated alkanes) is 1. The standard InChI is InChI=1S/C33H47N5O5/c1-33(2,3)42-32(39)43-38-21-19-37(20-22-38)16-7-8-23-40-27-11-9-10-25(24-27)30(41-26-14-17-36(4)18-15-26)31-34-28-12-5-6-13-29(28)35-31/h5-6,9-13,24,26,30H,7-8,14-23H2,1-4H3,(H,34,35). The number of aromatic nitrogens is 2. The first-order chi connectivity index (χ1) is 20.7. The highest BCUT2D eigenvalue weighted by Crippen LogP contribution is 2.31. The summed E-state index contributed by atoms with van der Waals surface area (Å²) in [5.74, 6) is 1.67. The van der Waals surface area contributed by atoms with Crippen LogP contribution in [-0.2, 0) is 14.3 Å². The van der Waals surface area contributed by atoms with Crippen LogP contribution in [0.15, 0.2) is 48.5 Å². The Hall–Kier alpha value is -3.18. The highest BCUT2D eigenvalue weighted by Gasteiger charge is 2.27. The molecule has 2 aliphatic rings. The summed E-state index contributed by atoms with van der Waals surface area (Å²) in [6.45, 7) is 12.3. The number of fused-ring (bicyclic) bond motifs is 1. The molecule has 1 atom stereocenters. The van der Waals surface area contributed by atoms with Gasteiger partial charge in [-0.2, -0.15) is 0 Å². The van der Waals surface area contributed by atoms with E-state index >= 15 is 0 Å². The number of aromatic amines is 1. The molecule has 5 rings (SSSR count). The molecule has 1 aromatic heterocycles. The van der Waals surface area contributed by atoms with Gasteiger partial charge < -0.3 is 33.8 Å². The van der Waals surface area contributed by atoms with Gasteiger partial charge in [0.25, 0.3) is 0 Å². The summed E-state index contributed by atoms with van der Waals surface area (Å²) in [6, 6.07) is 16.4. The largest absolute Gasteiger partial charge is 0.528 e. The van der Waals surface area contributed by atoms with Crippen LogP contribution in [0.3, 0.4) is 0 Å². The summed E-state index contributed by atoms with van der Waals surface area (Å²) in [6.07, 6.45) is 3.27. The lowest BCUT2D eigenvalue weighted by atomic mass is 10.1. The number of carbonyl (C=O) groups excluding carboxylic acids is 1. The molecule has 10 heteroatoms. The molecule has 234 valence electrons. The van der Waals surface area contributed by atoms with Crippen LogP contribution in [0.25, 0.3) is 11.0 Å². The monoisotopic (exact) mass is 593 g/mol. The molecule has 0 amide bonds. The molecule has 0 radical (unpaired) electrons. The van der Waals surface area contributed by atoms with E-state index in [1.165, 1.54) is 0 Å². The number of benzene rings is 2. The number of rotatable bonds is 11. The number of nitrogens with zero attached hydrogens (tertiary/aromatic N) is 4. The smallest absolute Gasteiger partial charge is 0.494 e. The van der Waals surface area contributed by atoms with Crippen LogP contribution in [0.5, 0.6) is 5.75 Å². The summed E-state index contributed by atoms with van der Waals surface area (Å²) in [5.41, 5.74) is 2.44. The van der Waals surface area contributed by atoms with Crippen molar-refractivity contribution in [3.05, 3.63) is 59.9 Å². The Labute approximate surface area is 255 Å². The highest BCUT2D eigenvalue weighted by molar-refractivity contribution is 5.74. The normalized spacial score (nSPS) is 18.5. The number of para-hydroxylation sites is 2. The number of nitrogens with one attached hydrogen (secondary N) is 1. The van der Waals surface area contributed by atoms with Crippen LogP contribution >= 0.6 is 0 Å². The third kappa shape index (κ3) is 9.40. The summed E-state index contributed by atoms with van der Waals surface area (Å²) >= 11 is 0. The van der Waals surface area contributed by atoms with Gasteiger partial charge in [0.1, 0.15) is 23.3 Å². The number of likely N-dealkylation sites (tertiary alicyclic amines) is 1. The van der Waals surface area contributed by atoms with Gasteiger partial charge in [0.05, 0.1) is 23.7 Å². The third-order valence-corrected chi connectivity index (χ3v) is 7.87. The van der Waals surface area contributed by atoms with Crippen molar-refractivity contribution in [3.8, 4) is 5.75 Å². The van der Waals surface area contributed by atoms with E-state index in [0.29, 0.717) is 19.7 Å². The number of piperazine rings is 1. The van der Waals surface area contributed by atoms with Gasteiger partial charge in [-0.05, 0) is 89.9 Å². The zero-order chi connectivity index (χ0) is 30.2. The van der Waals surface area contributed by atoms with Crippen molar-refractivity contribution in [2.24, 2.45) is 0 Å². The SMILES string of the molecule is CN1CCC(OC(c2cccc(OCCCCN3CCN(OC(=O)OC(C)(C)C)CC3)c2)c2nc3ccccc3[nH]2)CC1. The lowest BCUT2D eigenvalue weighted by Gasteiger charge is -2.33. The van der Waals surface area contributed by atoms with Gasteiger partial charge in [0, 0.05) is 39.3 Å². The van der Waals surface area contributed by atoms with Crippen molar-refractivity contribution in [1.82, 2.24) is 24.8 Å². The van der Waals surface area contributed by atoms with Crippen LogP contribution in [0, 0.1) is 0 Å². The number of ether oxygens (including phenoxy) is 3. The quantitative estimate of drug-likeness (QED) is 0.232. The molecule has 2 saturated heterocycles. The molecule has 43 heavy (non-hydrogen) atoms. The van der Waals surface area contributed by atoms with E-state index in [9.17, 15) is 4.79 Å². The van der Waals surface area contributed by atoms with E-state index in [0.717, 1.165) is 86.6 Å². The van der Waals surface area contributed by atoms with Crippen LogP contribution in [-0.4, -0.2) is 102 Å². The molecule has 1 unspecified atom stereocenters. The van der Waals surface area contributed by atoms with Crippen molar-refractivity contribution in [2.75, 3.05) is 59.5 Å². The topological polar surface area (TPSA) is 92.4 Å². The van der Waals surface area contributed by atoms with Gasteiger partial charge in [0.2, 0.25) is 0 Å². The van der Waals surface area contributed by atoms with Crippen LogP contribution in [0.1, 0.15) is 63.9 Å². The van der Waals surface area contributed by atoms with Crippen molar-refractivity contribution < 1.29 is 23.8 Å². The van der Waals surface area contributed by atoms with Crippen LogP contribution in [0.4, 0.5) is 4.79 Å². The molecule has 0 bridgehead atoms. The van der Waals surface area contributed by atoms with E-state index < -0.39 is 11.8 Å². The Kier molecular flexibility index (Phi) is 10.6. The number of piperidine rings is 1. The zero-order valence-electron chi connectivity index (χ0n) is 26.1. The van der Waals surface area contributed by atoms with E-state index in [1.54, 1.807) is 5.06 Å². The molecular weight excluding hydrogens is 546 g/mol. The minimum Gasteiger partial charge on any atom is -0.494 e. The Balaban J connectivity index is 1.10. The molecule has 0 spiro atoms. The maximum atomic E-state index is 11.9. The molecule has 2 fully saturated rings. The summed E-state index contributed by atoms with van der Waals surface area (Å²) in [7, 11) is 2.16. The molecule has 2 aliphatic heterocycles. The van der Waals surface area contributed by atoms with Crippen LogP contribution in [0.2, 0.25) is 0 Å². The van der Waals surface area contributed by atoms with Crippen molar-refractivity contribution in [1.29, 1.82) is 0 Å². The number of hydrogen-bond acceptors (Lipinski definition) is 9. The van der Waals surface area contributed by atoms with Crippen molar-refractivity contribution >= 4 is 17.2 Å². The highest BCUT2D eigenvalue weighted by atomic mass is 16.8.